The van der Waals surface area contributed by atoms with Crippen LogP contribution < -0.4 is 21.1 Å². The number of urea groups is 1. The van der Waals surface area contributed by atoms with Gasteiger partial charge in [-0.1, -0.05) is 30.3 Å². The lowest BCUT2D eigenvalue weighted by molar-refractivity contribution is 0.0965. The number of nitrogen functional groups attached to an aromatic ring is 1. The second-order valence-corrected chi connectivity index (χ2v) is 4.54. The number of carbonyl (C=O) groups excluding carboxylic acids is 2. The highest BCUT2D eigenvalue weighted by Gasteiger charge is 2.12. The van der Waals surface area contributed by atoms with Crippen molar-refractivity contribution in [2.24, 2.45) is 0 Å². The monoisotopic (exact) mass is 299 g/mol. The van der Waals surface area contributed by atoms with E-state index in [0.29, 0.717) is 11.4 Å². The molecule has 0 fully saturated rings. The molecule has 2 rings (SSSR count). The summed E-state index contributed by atoms with van der Waals surface area (Å²) in [6.07, 6.45) is 0. The molecule has 0 radical (unpaired) electrons. The maximum atomic E-state index is 11.9. The first kappa shape index (κ1) is 15.4. The van der Waals surface area contributed by atoms with E-state index in [1.165, 1.54) is 0 Å². The Morgan fingerprint density at radius 1 is 1.09 bits per heavy atom. The summed E-state index contributed by atoms with van der Waals surface area (Å²) >= 11 is 0. The number of nitrogens with one attached hydrogen (secondary N) is 2. The van der Waals surface area contributed by atoms with Gasteiger partial charge in [0.1, 0.15) is 5.75 Å². The molecule has 4 N–H and O–H groups in total. The molecule has 0 bridgehead atoms. The molecule has 0 aliphatic heterocycles. The number of ether oxygens (including phenoxy) is 1. The van der Waals surface area contributed by atoms with Gasteiger partial charge in [0.15, 0.2) is 0 Å². The van der Waals surface area contributed by atoms with Crippen molar-refractivity contribution >= 4 is 17.6 Å². The first-order valence-electron chi connectivity index (χ1n) is 6.67. The molecule has 6 heteroatoms. The Kier molecular flexibility index (Phi) is 4.98. The number of hydrogen-bond acceptors (Lipinski definition) is 4. The zero-order valence-corrected chi connectivity index (χ0v) is 12.1. The van der Waals surface area contributed by atoms with Crippen molar-refractivity contribution in [2.45, 2.75) is 6.54 Å². The summed E-state index contributed by atoms with van der Waals surface area (Å²) in [5, 5.41) is 4.84. The summed E-state index contributed by atoms with van der Waals surface area (Å²) in [6.45, 7) is 0.243. The highest BCUT2D eigenvalue weighted by Crippen LogP contribution is 2.16. The maximum Gasteiger partial charge on any atom is 0.321 e. The van der Waals surface area contributed by atoms with Crippen LogP contribution in [0, 0.1) is 0 Å². The van der Waals surface area contributed by atoms with Gasteiger partial charge in [-0.3, -0.25) is 10.1 Å². The molecule has 0 saturated heterocycles. The minimum Gasteiger partial charge on any atom is -0.496 e. The lowest BCUT2D eigenvalue weighted by Crippen LogP contribution is -2.39. The fourth-order valence-corrected chi connectivity index (χ4v) is 1.94. The molecular formula is C16H17N3O3. The highest BCUT2D eigenvalue weighted by molar-refractivity contribution is 6.07. The molecule has 0 atom stereocenters. The molecule has 0 aliphatic carbocycles. The molecule has 2 aromatic carbocycles. The van der Waals surface area contributed by atoms with Crippen molar-refractivity contribution < 1.29 is 14.3 Å². The van der Waals surface area contributed by atoms with Crippen molar-refractivity contribution in [3.05, 3.63) is 59.7 Å². The number of amides is 3. The minimum atomic E-state index is -0.598. The first-order valence-corrected chi connectivity index (χ1v) is 6.67. The fraction of sp³-hybridized carbons (Fsp3) is 0.125. The van der Waals surface area contributed by atoms with Gasteiger partial charge in [-0.05, 0) is 18.2 Å². The smallest absolute Gasteiger partial charge is 0.321 e. The van der Waals surface area contributed by atoms with Gasteiger partial charge in [-0.2, -0.15) is 0 Å². The topological polar surface area (TPSA) is 93.5 Å². The minimum absolute atomic E-state index is 0.243. The van der Waals surface area contributed by atoms with Crippen LogP contribution in [0.2, 0.25) is 0 Å². The molecule has 22 heavy (non-hydrogen) atoms. The van der Waals surface area contributed by atoms with Crippen molar-refractivity contribution in [3.63, 3.8) is 0 Å². The first-order chi connectivity index (χ1) is 10.6. The summed E-state index contributed by atoms with van der Waals surface area (Å²) in [6, 6.07) is 13.3. The predicted molar refractivity (Wildman–Crippen MR) is 83.6 cm³/mol. The number of hydrogen-bond donors (Lipinski definition) is 3. The van der Waals surface area contributed by atoms with Crippen LogP contribution in [-0.2, 0) is 6.54 Å². The van der Waals surface area contributed by atoms with Gasteiger partial charge in [0.25, 0.3) is 5.91 Å². The van der Waals surface area contributed by atoms with Crippen LogP contribution in [0.3, 0.4) is 0 Å². The van der Waals surface area contributed by atoms with Crippen molar-refractivity contribution in [2.75, 3.05) is 12.8 Å². The molecule has 0 spiro atoms. The number of para-hydroxylation sites is 2. The Hall–Kier alpha value is -3.02. The number of methoxy groups -OCH3 is 1. The zero-order valence-electron chi connectivity index (χ0n) is 12.1. The summed E-state index contributed by atoms with van der Waals surface area (Å²) in [7, 11) is 1.56. The molecule has 0 unspecified atom stereocenters. The van der Waals surface area contributed by atoms with Gasteiger partial charge in [0.2, 0.25) is 0 Å². The fourth-order valence-electron chi connectivity index (χ4n) is 1.94. The number of carbonyl (C=O) groups is 2. The van der Waals surface area contributed by atoms with E-state index in [4.69, 9.17) is 10.5 Å². The molecule has 114 valence electrons. The number of imide groups is 1. The summed E-state index contributed by atoms with van der Waals surface area (Å²) in [5.74, 6) is 0.122. The lowest BCUT2D eigenvalue weighted by atomic mass is 10.2. The van der Waals surface area contributed by atoms with Crippen LogP contribution in [-0.4, -0.2) is 19.0 Å². The molecule has 0 aliphatic rings. The van der Waals surface area contributed by atoms with Crippen LogP contribution in [0.1, 0.15) is 15.9 Å². The Morgan fingerprint density at radius 2 is 1.77 bits per heavy atom. The number of rotatable bonds is 4. The van der Waals surface area contributed by atoms with Crippen LogP contribution in [0.25, 0.3) is 0 Å². The van der Waals surface area contributed by atoms with Gasteiger partial charge in [0, 0.05) is 17.8 Å². The second kappa shape index (κ2) is 7.12. The summed E-state index contributed by atoms with van der Waals surface area (Å²) < 4.78 is 5.19. The summed E-state index contributed by atoms with van der Waals surface area (Å²) in [4.78, 5) is 23.7. The van der Waals surface area contributed by atoms with Crippen molar-refractivity contribution in [3.8, 4) is 5.75 Å². The molecule has 0 heterocycles. The molecule has 0 aromatic heterocycles. The van der Waals surface area contributed by atoms with Gasteiger partial charge in [-0.15, -0.1) is 0 Å². The van der Waals surface area contributed by atoms with E-state index in [2.05, 4.69) is 10.6 Å². The average Bonchev–Trinajstić information content (AvgIpc) is 2.53. The largest absolute Gasteiger partial charge is 0.496 e. The summed E-state index contributed by atoms with van der Waals surface area (Å²) in [5.41, 5.74) is 7.08. The molecule has 3 amide bonds. The third-order valence-electron chi connectivity index (χ3n) is 3.06. The van der Waals surface area contributed by atoms with Crippen LogP contribution in [0.5, 0.6) is 5.75 Å². The van der Waals surface area contributed by atoms with Crippen LogP contribution in [0.15, 0.2) is 48.5 Å². The number of benzene rings is 2. The standard InChI is InChI=1S/C16H17N3O3/c1-22-14-9-5-2-6-11(14)10-18-16(21)19-15(20)12-7-3-4-8-13(12)17/h2-9H,10,17H2,1H3,(H2,18,19,20,21). The third-order valence-corrected chi connectivity index (χ3v) is 3.06. The van der Waals surface area contributed by atoms with E-state index >= 15 is 0 Å². The van der Waals surface area contributed by atoms with E-state index in [1.807, 2.05) is 18.2 Å². The molecule has 2 aromatic rings. The SMILES string of the molecule is COc1ccccc1CNC(=O)NC(=O)c1ccccc1N. The van der Waals surface area contributed by atoms with Gasteiger partial charge in [0.05, 0.1) is 12.7 Å². The van der Waals surface area contributed by atoms with E-state index in [1.54, 1.807) is 37.4 Å². The Bertz CT molecular complexity index is 686. The number of nitrogens with two attached hydrogens (primary N) is 1. The van der Waals surface area contributed by atoms with Gasteiger partial charge in [-0.25, -0.2) is 4.79 Å². The number of anilines is 1. The van der Waals surface area contributed by atoms with Crippen molar-refractivity contribution in [1.29, 1.82) is 0 Å². The Morgan fingerprint density at radius 3 is 2.50 bits per heavy atom. The Balaban J connectivity index is 1.93. The lowest BCUT2D eigenvalue weighted by Gasteiger charge is -2.10. The van der Waals surface area contributed by atoms with E-state index in [0.717, 1.165) is 5.56 Å². The van der Waals surface area contributed by atoms with Crippen LogP contribution >= 0.6 is 0 Å². The second-order valence-electron chi connectivity index (χ2n) is 4.54. The average molecular weight is 299 g/mol. The predicted octanol–water partition coefficient (Wildman–Crippen LogP) is 1.92. The van der Waals surface area contributed by atoms with Gasteiger partial charge >= 0.3 is 6.03 Å². The zero-order chi connectivity index (χ0) is 15.9. The van der Waals surface area contributed by atoms with E-state index in [9.17, 15) is 9.59 Å². The third kappa shape index (κ3) is 3.76. The maximum absolute atomic E-state index is 11.9. The highest BCUT2D eigenvalue weighted by atomic mass is 16.5. The quantitative estimate of drug-likeness (QED) is 0.752. The molecule has 6 nitrogen and oxygen atoms in total. The molecule has 0 saturated carbocycles. The Labute approximate surface area is 128 Å². The molecular weight excluding hydrogens is 282 g/mol. The van der Waals surface area contributed by atoms with E-state index in [-0.39, 0.29) is 12.1 Å². The van der Waals surface area contributed by atoms with Crippen LogP contribution in [0.4, 0.5) is 10.5 Å². The van der Waals surface area contributed by atoms with Gasteiger partial charge < -0.3 is 15.8 Å². The van der Waals surface area contributed by atoms with E-state index < -0.39 is 11.9 Å². The van der Waals surface area contributed by atoms with Crippen molar-refractivity contribution in [1.82, 2.24) is 10.6 Å². The normalized spacial score (nSPS) is 9.86.